The summed E-state index contributed by atoms with van der Waals surface area (Å²) in [6.07, 6.45) is 1.11. The lowest BCUT2D eigenvalue weighted by atomic mass is 10.0. The average molecular weight is 195 g/mol. The van der Waals surface area contributed by atoms with E-state index in [1.807, 2.05) is 6.92 Å². The number of hydrogen-bond acceptors (Lipinski definition) is 2. The monoisotopic (exact) mass is 195 g/mol. The van der Waals surface area contributed by atoms with E-state index in [0.29, 0.717) is 6.04 Å². The smallest absolute Gasteiger partial charge is 0.106 e. The second-order valence-corrected chi connectivity index (χ2v) is 3.77. The fraction of sp³-hybridized carbons (Fsp3) is 0.667. The maximum absolute atomic E-state index is 5.63. The third kappa shape index (κ3) is 2.01. The molecule has 0 spiro atoms. The van der Waals surface area contributed by atoms with Crippen LogP contribution in [-0.4, -0.2) is 6.54 Å². The van der Waals surface area contributed by atoms with Crippen molar-refractivity contribution in [3.05, 3.63) is 22.6 Å². The van der Waals surface area contributed by atoms with Gasteiger partial charge in [-0.05, 0) is 39.3 Å². The lowest BCUT2D eigenvalue weighted by Gasteiger charge is -2.16. The van der Waals surface area contributed by atoms with E-state index in [9.17, 15) is 0 Å². The third-order valence-electron chi connectivity index (χ3n) is 2.82. The maximum atomic E-state index is 5.63. The zero-order valence-electron chi connectivity index (χ0n) is 9.90. The van der Waals surface area contributed by atoms with Crippen LogP contribution in [0.2, 0.25) is 0 Å². The van der Waals surface area contributed by atoms with Gasteiger partial charge in [0.25, 0.3) is 0 Å². The molecule has 1 atom stereocenters. The minimum Gasteiger partial charge on any atom is -0.466 e. The SMILES string of the molecule is CCNC(CC)c1c(C)oc(C)c1C. The second-order valence-electron chi connectivity index (χ2n) is 3.77. The lowest BCUT2D eigenvalue weighted by molar-refractivity contribution is 0.481. The van der Waals surface area contributed by atoms with Crippen molar-refractivity contribution in [2.24, 2.45) is 0 Å². The van der Waals surface area contributed by atoms with E-state index in [-0.39, 0.29) is 0 Å². The second kappa shape index (κ2) is 4.65. The first-order valence-corrected chi connectivity index (χ1v) is 5.41. The molecule has 1 N–H and O–H groups in total. The molecule has 0 saturated carbocycles. The number of rotatable bonds is 4. The quantitative estimate of drug-likeness (QED) is 0.797. The van der Waals surface area contributed by atoms with Crippen LogP contribution in [0.4, 0.5) is 0 Å². The molecule has 0 radical (unpaired) electrons. The Bertz CT molecular complexity index is 302. The average Bonchev–Trinajstić information content (AvgIpc) is 2.39. The molecule has 0 amide bonds. The Balaban J connectivity index is 3.02. The molecule has 0 aliphatic carbocycles. The summed E-state index contributed by atoms with van der Waals surface area (Å²) in [6, 6.07) is 0.442. The predicted octanol–water partition coefficient (Wildman–Crippen LogP) is 3.27. The Kier molecular flexibility index (Phi) is 3.76. The highest BCUT2D eigenvalue weighted by atomic mass is 16.3. The van der Waals surface area contributed by atoms with Gasteiger partial charge in [-0.2, -0.15) is 0 Å². The van der Waals surface area contributed by atoms with Crippen LogP contribution in [0.15, 0.2) is 4.42 Å². The fourth-order valence-electron chi connectivity index (χ4n) is 2.02. The summed E-state index contributed by atoms with van der Waals surface area (Å²) in [6.45, 7) is 11.6. The summed E-state index contributed by atoms with van der Waals surface area (Å²) in [4.78, 5) is 0. The fourth-order valence-corrected chi connectivity index (χ4v) is 2.02. The van der Waals surface area contributed by atoms with E-state index in [4.69, 9.17) is 4.42 Å². The van der Waals surface area contributed by atoms with E-state index < -0.39 is 0 Å². The number of hydrogen-bond donors (Lipinski definition) is 1. The van der Waals surface area contributed by atoms with Crippen LogP contribution in [0.3, 0.4) is 0 Å². The molecule has 2 heteroatoms. The van der Waals surface area contributed by atoms with E-state index >= 15 is 0 Å². The van der Waals surface area contributed by atoms with Gasteiger partial charge >= 0.3 is 0 Å². The highest BCUT2D eigenvalue weighted by Crippen LogP contribution is 2.28. The molecular formula is C12H21NO. The maximum Gasteiger partial charge on any atom is 0.106 e. The van der Waals surface area contributed by atoms with E-state index in [2.05, 4.69) is 33.0 Å². The largest absolute Gasteiger partial charge is 0.466 e. The van der Waals surface area contributed by atoms with Gasteiger partial charge in [0, 0.05) is 11.6 Å². The van der Waals surface area contributed by atoms with E-state index in [1.165, 1.54) is 11.1 Å². The highest BCUT2D eigenvalue weighted by molar-refractivity contribution is 5.34. The molecule has 0 aromatic carbocycles. The van der Waals surface area contributed by atoms with Gasteiger partial charge in [-0.15, -0.1) is 0 Å². The standard InChI is InChI=1S/C12H21NO/c1-6-11(13-7-2)12-8(3)9(4)14-10(12)5/h11,13H,6-7H2,1-5H3. The van der Waals surface area contributed by atoms with Crippen molar-refractivity contribution in [3.8, 4) is 0 Å². The molecule has 1 unspecified atom stereocenters. The van der Waals surface area contributed by atoms with Crippen molar-refractivity contribution in [1.82, 2.24) is 5.32 Å². The van der Waals surface area contributed by atoms with Crippen LogP contribution < -0.4 is 5.32 Å². The summed E-state index contributed by atoms with van der Waals surface area (Å²) in [5, 5.41) is 3.48. The summed E-state index contributed by atoms with van der Waals surface area (Å²) in [5.74, 6) is 2.11. The van der Waals surface area contributed by atoms with Crippen LogP contribution in [0.1, 0.15) is 49.0 Å². The molecule has 1 aromatic heterocycles. The van der Waals surface area contributed by atoms with Crippen molar-refractivity contribution < 1.29 is 4.42 Å². The van der Waals surface area contributed by atoms with E-state index in [0.717, 1.165) is 24.5 Å². The minimum absolute atomic E-state index is 0.442. The molecule has 1 aromatic rings. The van der Waals surface area contributed by atoms with Gasteiger partial charge in [0.15, 0.2) is 0 Å². The Morgan fingerprint density at radius 1 is 1.14 bits per heavy atom. The molecule has 14 heavy (non-hydrogen) atoms. The molecule has 0 bridgehead atoms. The minimum atomic E-state index is 0.442. The predicted molar refractivity (Wildman–Crippen MR) is 59.6 cm³/mol. The van der Waals surface area contributed by atoms with Crippen molar-refractivity contribution in [2.75, 3.05) is 6.54 Å². The topological polar surface area (TPSA) is 25.2 Å². The van der Waals surface area contributed by atoms with Crippen LogP contribution >= 0.6 is 0 Å². The number of nitrogens with one attached hydrogen (secondary N) is 1. The Hall–Kier alpha value is -0.760. The molecule has 0 saturated heterocycles. The van der Waals surface area contributed by atoms with Crippen molar-refractivity contribution >= 4 is 0 Å². The Morgan fingerprint density at radius 2 is 1.79 bits per heavy atom. The number of aryl methyl sites for hydroxylation is 2. The van der Waals surface area contributed by atoms with Gasteiger partial charge in [0.1, 0.15) is 11.5 Å². The van der Waals surface area contributed by atoms with Crippen LogP contribution in [0, 0.1) is 20.8 Å². The summed E-state index contributed by atoms with van der Waals surface area (Å²) in [5.41, 5.74) is 2.65. The van der Waals surface area contributed by atoms with Gasteiger partial charge in [-0.3, -0.25) is 0 Å². The summed E-state index contributed by atoms with van der Waals surface area (Å²) < 4.78 is 5.63. The van der Waals surface area contributed by atoms with Gasteiger partial charge in [0.2, 0.25) is 0 Å². The Morgan fingerprint density at radius 3 is 2.14 bits per heavy atom. The van der Waals surface area contributed by atoms with Crippen LogP contribution in [-0.2, 0) is 0 Å². The zero-order valence-corrected chi connectivity index (χ0v) is 9.90. The third-order valence-corrected chi connectivity index (χ3v) is 2.82. The molecule has 1 heterocycles. The molecular weight excluding hydrogens is 174 g/mol. The van der Waals surface area contributed by atoms with Crippen molar-refractivity contribution in [2.45, 2.75) is 47.1 Å². The van der Waals surface area contributed by atoms with Gasteiger partial charge in [-0.1, -0.05) is 13.8 Å². The molecule has 0 fully saturated rings. The number of furan rings is 1. The van der Waals surface area contributed by atoms with Crippen molar-refractivity contribution in [3.63, 3.8) is 0 Å². The molecule has 0 aliphatic rings. The molecule has 0 aliphatic heterocycles. The zero-order chi connectivity index (χ0) is 10.7. The molecule has 1 rings (SSSR count). The lowest BCUT2D eigenvalue weighted by Crippen LogP contribution is -2.21. The summed E-state index contributed by atoms with van der Waals surface area (Å²) in [7, 11) is 0. The first kappa shape index (κ1) is 11.3. The van der Waals surface area contributed by atoms with Gasteiger partial charge in [-0.25, -0.2) is 0 Å². The van der Waals surface area contributed by atoms with Crippen molar-refractivity contribution in [1.29, 1.82) is 0 Å². The first-order chi connectivity index (χ1) is 6.61. The Labute approximate surface area is 86.7 Å². The first-order valence-electron chi connectivity index (χ1n) is 5.41. The van der Waals surface area contributed by atoms with E-state index in [1.54, 1.807) is 0 Å². The highest BCUT2D eigenvalue weighted by Gasteiger charge is 2.18. The van der Waals surface area contributed by atoms with Crippen LogP contribution in [0.25, 0.3) is 0 Å². The normalized spacial score (nSPS) is 13.2. The summed E-state index contributed by atoms with van der Waals surface area (Å²) >= 11 is 0. The molecule has 80 valence electrons. The van der Waals surface area contributed by atoms with Gasteiger partial charge in [0.05, 0.1) is 0 Å². The van der Waals surface area contributed by atoms with Gasteiger partial charge < -0.3 is 9.73 Å². The van der Waals surface area contributed by atoms with Crippen LogP contribution in [0.5, 0.6) is 0 Å². The molecule has 2 nitrogen and oxygen atoms in total.